The van der Waals surface area contributed by atoms with E-state index >= 15 is 0 Å². The molecule has 0 spiro atoms. The van der Waals surface area contributed by atoms with Crippen LogP contribution in [0.1, 0.15) is 72.6 Å². The third-order valence-electron chi connectivity index (χ3n) is 3.67. The maximum atomic E-state index is 12.2. The molecular formula is C17H36N2O. The Kier molecular flexibility index (Phi) is 10.8. The van der Waals surface area contributed by atoms with Crippen LogP contribution in [0.2, 0.25) is 0 Å². The molecule has 0 bridgehead atoms. The van der Waals surface area contributed by atoms with Crippen molar-refractivity contribution in [2.24, 2.45) is 5.92 Å². The van der Waals surface area contributed by atoms with Crippen LogP contribution < -0.4 is 5.32 Å². The molecule has 0 aromatic rings. The molecule has 2 atom stereocenters. The van der Waals surface area contributed by atoms with Crippen molar-refractivity contribution in [1.82, 2.24) is 10.2 Å². The van der Waals surface area contributed by atoms with Gasteiger partial charge >= 0.3 is 0 Å². The smallest absolute Gasteiger partial charge is 0.239 e. The Bertz CT molecular complexity index is 251. The van der Waals surface area contributed by atoms with Gasteiger partial charge in [0.2, 0.25) is 5.91 Å². The molecule has 3 heteroatoms. The number of hydrogen-bond acceptors (Lipinski definition) is 2. The van der Waals surface area contributed by atoms with E-state index in [1.807, 2.05) is 14.1 Å². The molecular weight excluding hydrogens is 248 g/mol. The molecule has 0 aliphatic carbocycles. The molecule has 0 saturated carbocycles. The predicted molar refractivity (Wildman–Crippen MR) is 87.9 cm³/mol. The lowest BCUT2D eigenvalue weighted by molar-refractivity contribution is -0.131. The highest BCUT2D eigenvalue weighted by Crippen LogP contribution is 2.11. The zero-order valence-electron chi connectivity index (χ0n) is 14.5. The molecule has 2 unspecified atom stereocenters. The highest BCUT2D eigenvalue weighted by molar-refractivity contribution is 5.81. The van der Waals surface area contributed by atoms with E-state index in [1.54, 1.807) is 4.90 Å². The Labute approximate surface area is 126 Å². The van der Waals surface area contributed by atoms with Gasteiger partial charge in [-0.3, -0.25) is 4.79 Å². The van der Waals surface area contributed by atoms with Crippen LogP contribution in [0.25, 0.3) is 0 Å². The summed E-state index contributed by atoms with van der Waals surface area (Å²) >= 11 is 0. The van der Waals surface area contributed by atoms with Crippen molar-refractivity contribution in [1.29, 1.82) is 0 Å². The zero-order valence-corrected chi connectivity index (χ0v) is 14.5. The number of rotatable bonds is 11. The Balaban J connectivity index is 4.11. The summed E-state index contributed by atoms with van der Waals surface area (Å²) in [4.78, 5) is 13.9. The zero-order chi connectivity index (χ0) is 15.5. The van der Waals surface area contributed by atoms with Crippen molar-refractivity contribution in [2.45, 2.75) is 84.7 Å². The average Bonchev–Trinajstić information content (AvgIpc) is 2.36. The van der Waals surface area contributed by atoms with Gasteiger partial charge < -0.3 is 10.2 Å². The minimum Gasteiger partial charge on any atom is -0.347 e. The fourth-order valence-corrected chi connectivity index (χ4v) is 2.50. The average molecular weight is 284 g/mol. The number of likely N-dealkylation sites (N-methyl/N-ethyl adjacent to an activating group) is 1. The minimum atomic E-state index is -0.0318. The van der Waals surface area contributed by atoms with E-state index in [4.69, 9.17) is 0 Å². The van der Waals surface area contributed by atoms with Crippen LogP contribution in [0, 0.1) is 5.92 Å². The van der Waals surface area contributed by atoms with Crippen LogP contribution in [0.5, 0.6) is 0 Å². The van der Waals surface area contributed by atoms with Gasteiger partial charge in [-0.25, -0.2) is 0 Å². The van der Waals surface area contributed by atoms with E-state index in [-0.39, 0.29) is 11.9 Å². The SMILES string of the molecule is CCCCCCCC(C)NC(CC(C)C)C(=O)N(C)C. The van der Waals surface area contributed by atoms with E-state index in [0.717, 1.165) is 6.42 Å². The van der Waals surface area contributed by atoms with Crippen molar-refractivity contribution in [2.75, 3.05) is 14.1 Å². The van der Waals surface area contributed by atoms with Crippen LogP contribution in [-0.2, 0) is 4.79 Å². The predicted octanol–water partition coefficient (Wildman–Crippen LogP) is 3.83. The Hall–Kier alpha value is -0.570. The normalized spacial score (nSPS) is 14.3. The summed E-state index contributed by atoms with van der Waals surface area (Å²) in [5.41, 5.74) is 0. The van der Waals surface area contributed by atoms with Gasteiger partial charge in [0.15, 0.2) is 0 Å². The van der Waals surface area contributed by atoms with E-state index in [0.29, 0.717) is 12.0 Å². The first kappa shape index (κ1) is 19.4. The van der Waals surface area contributed by atoms with Crippen molar-refractivity contribution < 1.29 is 4.79 Å². The molecule has 0 fully saturated rings. The quantitative estimate of drug-likeness (QED) is 0.585. The van der Waals surface area contributed by atoms with Gasteiger partial charge in [0.05, 0.1) is 6.04 Å². The highest BCUT2D eigenvalue weighted by Gasteiger charge is 2.22. The Morgan fingerprint density at radius 1 is 1.05 bits per heavy atom. The topological polar surface area (TPSA) is 32.3 Å². The molecule has 1 amide bonds. The maximum absolute atomic E-state index is 12.2. The summed E-state index contributed by atoms with van der Waals surface area (Å²) in [5, 5.41) is 3.53. The number of carbonyl (C=O) groups is 1. The van der Waals surface area contributed by atoms with Crippen LogP contribution in [0.3, 0.4) is 0 Å². The third kappa shape index (κ3) is 9.35. The molecule has 0 radical (unpaired) electrons. The number of amides is 1. The molecule has 0 rings (SSSR count). The van der Waals surface area contributed by atoms with Crippen LogP contribution >= 0.6 is 0 Å². The number of hydrogen-bond donors (Lipinski definition) is 1. The summed E-state index contributed by atoms with van der Waals surface area (Å²) in [6.45, 7) is 8.80. The summed E-state index contributed by atoms with van der Waals surface area (Å²) in [7, 11) is 3.68. The first-order chi connectivity index (χ1) is 9.38. The molecule has 0 aromatic heterocycles. The molecule has 120 valence electrons. The molecule has 1 N–H and O–H groups in total. The fraction of sp³-hybridized carbons (Fsp3) is 0.941. The molecule has 0 aliphatic heterocycles. The maximum Gasteiger partial charge on any atom is 0.239 e. The Morgan fingerprint density at radius 2 is 1.65 bits per heavy atom. The van der Waals surface area contributed by atoms with E-state index in [9.17, 15) is 4.79 Å². The van der Waals surface area contributed by atoms with Gasteiger partial charge in [-0.05, 0) is 25.7 Å². The van der Waals surface area contributed by atoms with Crippen LogP contribution in [-0.4, -0.2) is 37.0 Å². The minimum absolute atomic E-state index is 0.0318. The number of nitrogens with one attached hydrogen (secondary N) is 1. The van der Waals surface area contributed by atoms with E-state index in [1.165, 1.54) is 38.5 Å². The summed E-state index contributed by atoms with van der Waals surface area (Å²) in [6, 6.07) is 0.389. The monoisotopic (exact) mass is 284 g/mol. The van der Waals surface area contributed by atoms with Gasteiger partial charge in [0, 0.05) is 20.1 Å². The second-order valence-corrected chi connectivity index (χ2v) is 6.69. The summed E-state index contributed by atoms with van der Waals surface area (Å²) in [5.74, 6) is 0.740. The van der Waals surface area contributed by atoms with Gasteiger partial charge in [-0.15, -0.1) is 0 Å². The summed E-state index contributed by atoms with van der Waals surface area (Å²) in [6.07, 6.45) is 8.64. The molecule has 0 heterocycles. The van der Waals surface area contributed by atoms with Crippen LogP contribution in [0.4, 0.5) is 0 Å². The second kappa shape index (κ2) is 11.1. The standard InChI is InChI=1S/C17H36N2O/c1-7-8-9-10-11-12-15(4)18-16(13-14(2)3)17(20)19(5)6/h14-16,18H,7-13H2,1-6H3. The largest absolute Gasteiger partial charge is 0.347 e. The molecule has 0 aliphatic rings. The Morgan fingerprint density at radius 3 is 2.15 bits per heavy atom. The van der Waals surface area contributed by atoms with Gasteiger partial charge in [-0.2, -0.15) is 0 Å². The van der Waals surface area contributed by atoms with E-state index < -0.39 is 0 Å². The molecule has 0 aromatic carbocycles. The molecule has 3 nitrogen and oxygen atoms in total. The number of carbonyl (C=O) groups excluding carboxylic acids is 1. The third-order valence-corrected chi connectivity index (χ3v) is 3.67. The van der Waals surface area contributed by atoms with Crippen molar-refractivity contribution in [3.05, 3.63) is 0 Å². The second-order valence-electron chi connectivity index (χ2n) is 6.69. The van der Waals surface area contributed by atoms with Gasteiger partial charge in [0.25, 0.3) is 0 Å². The number of nitrogens with zero attached hydrogens (tertiary/aromatic N) is 1. The van der Waals surface area contributed by atoms with Crippen molar-refractivity contribution in [3.8, 4) is 0 Å². The van der Waals surface area contributed by atoms with Crippen molar-refractivity contribution in [3.63, 3.8) is 0 Å². The lowest BCUT2D eigenvalue weighted by atomic mass is 10.0. The first-order valence-corrected chi connectivity index (χ1v) is 8.35. The van der Waals surface area contributed by atoms with Gasteiger partial charge in [-0.1, -0.05) is 52.9 Å². The fourth-order valence-electron chi connectivity index (χ4n) is 2.50. The first-order valence-electron chi connectivity index (χ1n) is 8.35. The van der Waals surface area contributed by atoms with Gasteiger partial charge in [0.1, 0.15) is 0 Å². The number of unbranched alkanes of at least 4 members (excludes halogenated alkanes) is 4. The highest BCUT2D eigenvalue weighted by atomic mass is 16.2. The van der Waals surface area contributed by atoms with Crippen molar-refractivity contribution >= 4 is 5.91 Å². The lowest BCUT2D eigenvalue weighted by Crippen LogP contribution is -2.47. The van der Waals surface area contributed by atoms with Crippen LogP contribution in [0.15, 0.2) is 0 Å². The molecule has 0 saturated heterocycles. The van der Waals surface area contributed by atoms with E-state index in [2.05, 4.69) is 33.0 Å². The summed E-state index contributed by atoms with van der Waals surface area (Å²) < 4.78 is 0. The lowest BCUT2D eigenvalue weighted by Gasteiger charge is -2.26. The molecule has 20 heavy (non-hydrogen) atoms.